The first kappa shape index (κ1) is 18.3. The zero-order valence-corrected chi connectivity index (χ0v) is 14.5. The van der Waals surface area contributed by atoms with Gasteiger partial charge in [-0.1, -0.05) is 12.1 Å². The first-order valence-electron chi connectivity index (χ1n) is 7.74. The van der Waals surface area contributed by atoms with E-state index in [1.54, 1.807) is 38.4 Å². The SMILES string of the molecule is COc1ccc(OCC(=O)N(C)Cc2ccc(C(=O)O)cc2)cc1C. The predicted octanol–water partition coefficient (Wildman–Crippen LogP) is 2.74. The number of aryl methyl sites for hydroxylation is 1. The van der Waals surface area contributed by atoms with Crippen molar-refractivity contribution in [2.75, 3.05) is 20.8 Å². The Bertz CT molecular complexity index is 755. The second-order valence-electron chi connectivity index (χ2n) is 5.67. The summed E-state index contributed by atoms with van der Waals surface area (Å²) < 4.78 is 10.7. The first-order valence-corrected chi connectivity index (χ1v) is 7.74. The van der Waals surface area contributed by atoms with Crippen molar-refractivity contribution in [2.24, 2.45) is 0 Å². The molecule has 0 heterocycles. The number of carboxylic acid groups (broad SMARTS) is 1. The number of nitrogens with zero attached hydrogens (tertiary/aromatic N) is 1. The van der Waals surface area contributed by atoms with Crippen molar-refractivity contribution < 1.29 is 24.2 Å². The summed E-state index contributed by atoms with van der Waals surface area (Å²) in [5.41, 5.74) is 2.00. The number of ether oxygens (including phenoxy) is 2. The molecule has 0 fully saturated rings. The number of methoxy groups -OCH3 is 1. The third-order valence-electron chi connectivity index (χ3n) is 3.78. The van der Waals surface area contributed by atoms with Crippen molar-refractivity contribution >= 4 is 11.9 Å². The summed E-state index contributed by atoms with van der Waals surface area (Å²) in [4.78, 5) is 24.6. The van der Waals surface area contributed by atoms with Crippen LogP contribution < -0.4 is 9.47 Å². The number of carbonyl (C=O) groups excluding carboxylic acids is 1. The molecule has 0 spiro atoms. The van der Waals surface area contributed by atoms with Crippen molar-refractivity contribution in [3.8, 4) is 11.5 Å². The zero-order valence-electron chi connectivity index (χ0n) is 14.5. The van der Waals surface area contributed by atoms with E-state index in [1.165, 1.54) is 17.0 Å². The average molecular weight is 343 g/mol. The van der Waals surface area contributed by atoms with Crippen LogP contribution in [0.4, 0.5) is 0 Å². The van der Waals surface area contributed by atoms with Crippen LogP contribution in [0.2, 0.25) is 0 Å². The zero-order chi connectivity index (χ0) is 18.4. The fourth-order valence-electron chi connectivity index (χ4n) is 2.31. The average Bonchev–Trinajstić information content (AvgIpc) is 2.60. The maximum absolute atomic E-state index is 12.2. The summed E-state index contributed by atoms with van der Waals surface area (Å²) >= 11 is 0. The van der Waals surface area contributed by atoms with Gasteiger partial charge in [-0.25, -0.2) is 4.79 Å². The van der Waals surface area contributed by atoms with Crippen LogP contribution in [0.25, 0.3) is 0 Å². The Kier molecular flexibility index (Phi) is 6.00. The number of likely N-dealkylation sites (N-methyl/N-ethyl adjacent to an activating group) is 1. The topological polar surface area (TPSA) is 76.1 Å². The smallest absolute Gasteiger partial charge is 0.335 e. The minimum Gasteiger partial charge on any atom is -0.496 e. The lowest BCUT2D eigenvalue weighted by Gasteiger charge is -2.18. The molecule has 132 valence electrons. The number of carbonyl (C=O) groups is 2. The van der Waals surface area contributed by atoms with E-state index in [1.807, 2.05) is 13.0 Å². The van der Waals surface area contributed by atoms with Gasteiger partial charge in [-0.2, -0.15) is 0 Å². The molecule has 0 radical (unpaired) electrons. The maximum Gasteiger partial charge on any atom is 0.335 e. The van der Waals surface area contributed by atoms with Gasteiger partial charge in [0.25, 0.3) is 5.91 Å². The molecule has 0 aromatic heterocycles. The number of amides is 1. The molecule has 0 unspecified atom stereocenters. The molecule has 2 rings (SSSR count). The van der Waals surface area contributed by atoms with Crippen LogP contribution in [0.15, 0.2) is 42.5 Å². The van der Waals surface area contributed by atoms with Crippen molar-refractivity contribution in [1.29, 1.82) is 0 Å². The van der Waals surface area contributed by atoms with Crippen molar-refractivity contribution in [3.05, 3.63) is 59.2 Å². The third-order valence-corrected chi connectivity index (χ3v) is 3.78. The Balaban J connectivity index is 1.89. The second kappa shape index (κ2) is 8.19. The van der Waals surface area contributed by atoms with E-state index in [-0.39, 0.29) is 18.1 Å². The predicted molar refractivity (Wildman–Crippen MR) is 93.1 cm³/mol. The minimum atomic E-state index is -0.973. The monoisotopic (exact) mass is 343 g/mol. The summed E-state index contributed by atoms with van der Waals surface area (Å²) in [6, 6.07) is 11.8. The Morgan fingerprint density at radius 2 is 1.80 bits per heavy atom. The molecule has 2 aromatic rings. The van der Waals surface area contributed by atoms with Gasteiger partial charge in [-0.15, -0.1) is 0 Å². The van der Waals surface area contributed by atoms with E-state index in [4.69, 9.17) is 14.6 Å². The van der Waals surface area contributed by atoms with Gasteiger partial charge in [0, 0.05) is 13.6 Å². The van der Waals surface area contributed by atoms with Crippen molar-refractivity contribution in [1.82, 2.24) is 4.90 Å². The Hall–Kier alpha value is -3.02. The lowest BCUT2D eigenvalue weighted by atomic mass is 10.1. The summed E-state index contributed by atoms with van der Waals surface area (Å²) in [6.07, 6.45) is 0. The van der Waals surface area contributed by atoms with E-state index in [0.717, 1.165) is 16.9 Å². The summed E-state index contributed by atoms with van der Waals surface area (Å²) in [5.74, 6) is 0.224. The highest BCUT2D eigenvalue weighted by Crippen LogP contribution is 2.22. The molecular weight excluding hydrogens is 322 g/mol. The molecule has 25 heavy (non-hydrogen) atoms. The largest absolute Gasteiger partial charge is 0.496 e. The summed E-state index contributed by atoms with van der Waals surface area (Å²) in [5, 5.41) is 8.89. The van der Waals surface area contributed by atoms with Gasteiger partial charge < -0.3 is 19.5 Å². The lowest BCUT2D eigenvalue weighted by molar-refractivity contribution is -0.132. The fraction of sp³-hybridized carbons (Fsp3) is 0.263. The van der Waals surface area contributed by atoms with Gasteiger partial charge >= 0.3 is 5.97 Å². The number of carboxylic acids is 1. The molecule has 0 aliphatic heterocycles. The minimum absolute atomic E-state index is 0.0739. The van der Waals surface area contributed by atoms with E-state index < -0.39 is 5.97 Å². The molecule has 0 bridgehead atoms. The quantitative estimate of drug-likeness (QED) is 0.836. The molecule has 1 amide bonds. The van der Waals surface area contributed by atoms with Crippen LogP contribution >= 0.6 is 0 Å². The highest BCUT2D eigenvalue weighted by Gasteiger charge is 2.11. The van der Waals surface area contributed by atoms with Crippen LogP contribution in [0.3, 0.4) is 0 Å². The van der Waals surface area contributed by atoms with Gasteiger partial charge in [0.15, 0.2) is 6.61 Å². The van der Waals surface area contributed by atoms with E-state index in [2.05, 4.69) is 0 Å². The summed E-state index contributed by atoms with van der Waals surface area (Å²) in [6.45, 7) is 2.21. The summed E-state index contributed by atoms with van der Waals surface area (Å²) in [7, 11) is 3.28. The normalized spacial score (nSPS) is 10.2. The van der Waals surface area contributed by atoms with Crippen LogP contribution in [-0.2, 0) is 11.3 Å². The van der Waals surface area contributed by atoms with E-state index >= 15 is 0 Å². The molecule has 0 saturated carbocycles. The van der Waals surface area contributed by atoms with E-state index in [0.29, 0.717) is 12.3 Å². The first-order chi connectivity index (χ1) is 11.9. The highest BCUT2D eigenvalue weighted by molar-refractivity contribution is 5.87. The van der Waals surface area contributed by atoms with Gasteiger partial charge in [0.05, 0.1) is 12.7 Å². The molecular formula is C19H21NO5. The number of rotatable bonds is 7. The van der Waals surface area contributed by atoms with Crippen molar-refractivity contribution in [2.45, 2.75) is 13.5 Å². The molecule has 2 aromatic carbocycles. The van der Waals surface area contributed by atoms with Gasteiger partial charge in [0.2, 0.25) is 0 Å². The standard InChI is InChI=1S/C19H21NO5/c1-13-10-16(8-9-17(13)24-3)25-12-18(21)20(2)11-14-4-6-15(7-5-14)19(22)23/h4-10H,11-12H2,1-3H3,(H,22,23). The number of hydrogen-bond acceptors (Lipinski definition) is 4. The molecule has 0 aliphatic rings. The van der Waals surface area contributed by atoms with Crippen LogP contribution in [0.1, 0.15) is 21.5 Å². The second-order valence-corrected chi connectivity index (χ2v) is 5.67. The fourth-order valence-corrected chi connectivity index (χ4v) is 2.31. The Labute approximate surface area is 146 Å². The molecule has 0 aliphatic carbocycles. The number of hydrogen-bond donors (Lipinski definition) is 1. The molecule has 6 nitrogen and oxygen atoms in total. The van der Waals surface area contributed by atoms with Gasteiger partial charge in [0.1, 0.15) is 11.5 Å². The van der Waals surface area contributed by atoms with Gasteiger partial charge in [-0.05, 0) is 48.4 Å². The van der Waals surface area contributed by atoms with E-state index in [9.17, 15) is 9.59 Å². The molecule has 1 N–H and O–H groups in total. The Morgan fingerprint density at radius 3 is 2.36 bits per heavy atom. The highest BCUT2D eigenvalue weighted by atomic mass is 16.5. The van der Waals surface area contributed by atoms with Crippen LogP contribution in [0, 0.1) is 6.92 Å². The third kappa shape index (κ3) is 4.97. The maximum atomic E-state index is 12.2. The van der Waals surface area contributed by atoms with Crippen LogP contribution in [0.5, 0.6) is 11.5 Å². The lowest BCUT2D eigenvalue weighted by Crippen LogP contribution is -2.30. The molecule has 6 heteroatoms. The number of aromatic carboxylic acids is 1. The van der Waals surface area contributed by atoms with Gasteiger partial charge in [-0.3, -0.25) is 4.79 Å². The molecule has 0 saturated heterocycles. The number of benzene rings is 2. The Morgan fingerprint density at radius 1 is 1.12 bits per heavy atom. The van der Waals surface area contributed by atoms with Crippen molar-refractivity contribution in [3.63, 3.8) is 0 Å². The molecule has 0 atom stereocenters. The van der Waals surface area contributed by atoms with Crippen LogP contribution in [-0.4, -0.2) is 42.6 Å².